The number of aromatic nitrogens is 1. The lowest BCUT2D eigenvalue weighted by atomic mass is 10.1. The number of nitrogens with one attached hydrogen (secondary N) is 1. The SMILES string of the molecule is O=C(Nc1nc(-c2ccc(F)cc2)c(-c2ccccc2)s1)c1ccccc1Cl. The van der Waals surface area contributed by atoms with Crippen molar-refractivity contribution >= 4 is 34.0 Å². The highest BCUT2D eigenvalue weighted by molar-refractivity contribution is 7.19. The van der Waals surface area contributed by atoms with E-state index < -0.39 is 0 Å². The van der Waals surface area contributed by atoms with Crippen LogP contribution in [0.4, 0.5) is 9.52 Å². The van der Waals surface area contributed by atoms with Crippen molar-refractivity contribution < 1.29 is 9.18 Å². The van der Waals surface area contributed by atoms with Crippen LogP contribution in [0.2, 0.25) is 5.02 Å². The molecule has 0 atom stereocenters. The van der Waals surface area contributed by atoms with Crippen molar-refractivity contribution in [3.8, 4) is 21.7 Å². The number of anilines is 1. The van der Waals surface area contributed by atoms with Gasteiger partial charge in [-0.15, -0.1) is 0 Å². The zero-order valence-corrected chi connectivity index (χ0v) is 16.1. The summed E-state index contributed by atoms with van der Waals surface area (Å²) in [7, 11) is 0. The second-order valence-corrected chi connectivity index (χ2v) is 7.41. The summed E-state index contributed by atoms with van der Waals surface area (Å²) < 4.78 is 13.3. The first-order valence-electron chi connectivity index (χ1n) is 8.50. The van der Waals surface area contributed by atoms with Crippen molar-refractivity contribution in [2.24, 2.45) is 0 Å². The zero-order chi connectivity index (χ0) is 19.5. The molecule has 138 valence electrons. The number of carbonyl (C=O) groups excluding carboxylic acids is 1. The molecule has 0 bridgehead atoms. The molecule has 0 aliphatic carbocycles. The van der Waals surface area contributed by atoms with Crippen LogP contribution in [-0.4, -0.2) is 10.9 Å². The van der Waals surface area contributed by atoms with Gasteiger partial charge >= 0.3 is 0 Å². The van der Waals surface area contributed by atoms with Gasteiger partial charge < -0.3 is 0 Å². The van der Waals surface area contributed by atoms with Crippen LogP contribution in [0.25, 0.3) is 21.7 Å². The molecule has 0 aliphatic heterocycles. The van der Waals surface area contributed by atoms with Gasteiger partial charge in [0.1, 0.15) is 5.82 Å². The van der Waals surface area contributed by atoms with E-state index in [1.807, 2.05) is 30.3 Å². The predicted octanol–water partition coefficient (Wildman–Crippen LogP) is 6.52. The minimum absolute atomic E-state index is 0.313. The fraction of sp³-hybridized carbons (Fsp3) is 0. The van der Waals surface area contributed by atoms with Crippen molar-refractivity contribution in [2.75, 3.05) is 5.32 Å². The Hall–Kier alpha value is -3.02. The molecule has 1 heterocycles. The molecule has 0 aliphatic rings. The van der Waals surface area contributed by atoms with E-state index in [-0.39, 0.29) is 11.7 Å². The number of carbonyl (C=O) groups is 1. The monoisotopic (exact) mass is 408 g/mol. The number of nitrogens with zero attached hydrogens (tertiary/aromatic N) is 1. The number of thiazole rings is 1. The van der Waals surface area contributed by atoms with Crippen LogP contribution in [-0.2, 0) is 0 Å². The van der Waals surface area contributed by atoms with Crippen LogP contribution in [0.3, 0.4) is 0 Å². The average Bonchev–Trinajstić information content (AvgIpc) is 3.13. The summed E-state index contributed by atoms with van der Waals surface area (Å²) in [6, 6.07) is 22.7. The molecule has 0 saturated carbocycles. The highest BCUT2D eigenvalue weighted by Crippen LogP contribution is 2.39. The molecule has 1 amide bonds. The Morgan fingerprint density at radius 2 is 1.57 bits per heavy atom. The van der Waals surface area contributed by atoms with Crippen molar-refractivity contribution in [3.05, 3.63) is 95.3 Å². The van der Waals surface area contributed by atoms with Crippen molar-refractivity contribution in [1.82, 2.24) is 4.98 Å². The van der Waals surface area contributed by atoms with Crippen LogP contribution in [0.5, 0.6) is 0 Å². The molecule has 4 aromatic rings. The molecule has 1 aromatic heterocycles. The Morgan fingerprint density at radius 3 is 2.29 bits per heavy atom. The minimum Gasteiger partial charge on any atom is -0.298 e. The summed E-state index contributed by atoms with van der Waals surface area (Å²) in [5.41, 5.74) is 2.81. The van der Waals surface area contributed by atoms with Crippen molar-refractivity contribution in [2.45, 2.75) is 0 Å². The van der Waals surface area contributed by atoms with E-state index in [2.05, 4.69) is 10.3 Å². The summed E-state index contributed by atoms with van der Waals surface area (Å²) in [5, 5.41) is 3.64. The van der Waals surface area contributed by atoms with Crippen molar-refractivity contribution in [3.63, 3.8) is 0 Å². The zero-order valence-electron chi connectivity index (χ0n) is 14.5. The van der Waals surface area contributed by atoms with E-state index >= 15 is 0 Å². The molecule has 6 heteroatoms. The Bertz CT molecular complexity index is 1130. The first kappa shape index (κ1) is 18.3. The maximum Gasteiger partial charge on any atom is 0.258 e. The summed E-state index contributed by atoms with van der Waals surface area (Å²) in [5.74, 6) is -0.642. The first-order chi connectivity index (χ1) is 13.6. The second kappa shape index (κ2) is 7.92. The Kier molecular flexibility index (Phi) is 5.19. The highest BCUT2D eigenvalue weighted by atomic mass is 35.5. The molecular weight excluding hydrogens is 395 g/mol. The first-order valence-corrected chi connectivity index (χ1v) is 9.69. The predicted molar refractivity (Wildman–Crippen MR) is 112 cm³/mol. The third kappa shape index (κ3) is 3.81. The lowest BCUT2D eigenvalue weighted by Crippen LogP contribution is -2.12. The van der Waals surface area contributed by atoms with Gasteiger partial charge in [-0.1, -0.05) is 65.4 Å². The number of hydrogen-bond acceptors (Lipinski definition) is 3. The molecule has 3 aromatic carbocycles. The summed E-state index contributed by atoms with van der Waals surface area (Å²) >= 11 is 7.48. The van der Waals surface area contributed by atoms with Gasteiger partial charge in [-0.05, 0) is 42.0 Å². The van der Waals surface area contributed by atoms with Gasteiger partial charge in [-0.25, -0.2) is 9.37 Å². The third-order valence-electron chi connectivity index (χ3n) is 4.12. The molecule has 0 unspecified atom stereocenters. The molecular formula is C22H14ClFN2OS. The van der Waals surface area contributed by atoms with E-state index in [0.717, 1.165) is 16.0 Å². The number of amides is 1. The quantitative estimate of drug-likeness (QED) is 0.417. The normalized spacial score (nSPS) is 10.6. The number of benzene rings is 3. The average molecular weight is 409 g/mol. The van der Waals surface area contributed by atoms with Gasteiger partial charge in [-0.3, -0.25) is 10.1 Å². The van der Waals surface area contributed by atoms with E-state index in [4.69, 9.17) is 11.6 Å². The molecule has 3 nitrogen and oxygen atoms in total. The summed E-state index contributed by atoms with van der Waals surface area (Å²) in [6.45, 7) is 0. The third-order valence-corrected chi connectivity index (χ3v) is 5.47. The van der Waals surface area contributed by atoms with Gasteiger partial charge in [0.05, 0.1) is 21.2 Å². The minimum atomic E-state index is -0.329. The highest BCUT2D eigenvalue weighted by Gasteiger charge is 2.18. The Balaban J connectivity index is 1.74. The molecule has 4 rings (SSSR count). The molecule has 1 N–H and O–H groups in total. The van der Waals surface area contributed by atoms with Crippen LogP contribution in [0, 0.1) is 5.82 Å². The molecule has 0 radical (unpaired) electrons. The maximum atomic E-state index is 13.3. The molecule has 0 saturated heterocycles. The van der Waals surface area contributed by atoms with Gasteiger partial charge in [0.2, 0.25) is 0 Å². The summed E-state index contributed by atoms with van der Waals surface area (Å²) in [4.78, 5) is 18.1. The molecule has 0 fully saturated rings. The standard InChI is InChI=1S/C22H14ClFN2OS/c23-18-9-5-4-8-17(18)21(27)26-22-25-19(14-10-12-16(24)13-11-14)20(28-22)15-6-2-1-3-7-15/h1-13H,(H,25,26,27). The van der Waals surface area contributed by atoms with Gasteiger partial charge in [0.15, 0.2) is 5.13 Å². The summed E-state index contributed by atoms with van der Waals surface area (Å²) in [6.07, 6.45) is 0. The smallest absolute Gasteiger partial charge is 0.258 e. The van der Waals surface area contributed by atoms with Crippen LogP contribution in [0.15, 0.2) is 78.9 Å². The number of rotatable bonds is 4. The van der Waals surface area contributed by atoms with E-state index in [1.165, 1.54) is 23.5 Å². The topological polar surface area (TPSA) is 42.0 Å². The Morgan fingerprint density at radius 1 is 0.893 bits per heavy atom. The lowest BCUT2D eigenvalue weighted by Gasteiger charge is -2.03. The van der Waals surface area contributed by atoms with Crippen LogP contribution in [0.1, 0.15) is 10.4 Å². The van der Waals surface area contributed by atoms with Crippen LogP contribution >= 0.6 is 22.9 Å². The van der Waals surface area contributed by atoms with E-state index in [9.17, 15) is 9.18 Å². The van der Waals surface area contributed by atoms with E-state index in [1.54, 1.807) is 36.4 Å². The molecule has 0 spiro atoms. The van der Waals surface area contributed by atoms with Gasteiger partial charge in [0, 0.05) is 5.56 Å². The Labute approximate surface area is 170 Å². The fourth-order valence-electron chi connectivity index (χ4n) is 2.77. The molecule has 28 heavy (non-hydrogen) atoms. The van der Waals surface area contributed by atoms with Crippen molar-refractivity contribution in [1.29, 1.82) is 0 Å². The lowest BCUT2D eigenvalue weighted by molar-refractivity contribution is 0.102. The second-order valence-electron chi connectivity index (χ2n) is 6.00. The number of hydrogen-bond donors (Lipinski definition) is 1. The van der Waals surface area contributed by atoms with Gasteiger partial charge in [-0.2, -0.15) is 0 Å². The fourth-order valence-corrected chi connectivity index (χ4v) is 3.98. The largest absolute Gasteiger partial charge is 0.298 e. The van der Waals surface area contributed by atoms with E-state index in [0.29, 0.717) is 21.4 Å². The van der Waals surface area contributed by atoms with Crippen LogP contribution < -0.4 is 5.32 Å². The number of halogens is 2. The van der Waals surface area contributed by atoms with Gasteiger partial charge in [0.25, 0.3) is 5.91 Å². The maximum absolute atomic E-state index is 13.3.